The van der Waals surface area contributed by atoms with Gasteiger partial charge in [-0.3, -0.25) is 14.5 Å². The number of nitrogens with one attached hydrogen (secondary N) is 3. The standard InChI is InChI=1S/C20H34N4O3/c1-15-8-6-7-11-20(15)18(26)24(19(27)23-20)14-17(25)22-13-12-21-16-9-4-2-3-5-10-16/h15-16,21H,2-14H2,1H3,(H,22,25)(H,23,27). The van der Waals surface area contributed by atoms with Crippen LogP contribution >= 0.6 is 0 Å². The molecule has 0 radical (unpaired) electrons. The minimum Gasteiger partial charge on any atom is -0.353 e. The maximum absolute atomic E-state index is 12.9. The summed E-state index contributed by atoms with van der Waals surface area (Å²) >= 11 is 0. The maximum Gasteiger partial charge on any atom is 0.325 e. The lowest BCUT2D eigenvalue weighted by Gasteiger charge is -2.36. The normalized spacial score (nSPS) is 29.7. The molecule has 0 bridgehead atoms. The van der Waals surface area contributed by atoms with E-state index in [-0.39, 0.29) is 24.3 Å². The molecule has 3 rings (SSSR count). The van der Waals surface area contributed by atoms with Crippen LogP contribution in [0.3, 0.4) is 0 Å². The van der Waals surface area contributed by atoms with Crippen LogP contribution in [-0.4, -0.2) is 54.0 Å². The lowest BCUT2D eigenvalue weighted by Crippen LogP contribution is -2.54. The number of imide groups is 1. The van der Waals surface area contributed by atoms with Gasteiger partial charge >= 0.3 is 6.03 Å². The van der Waals surface area contributed by atoms with Gasteiger partial charge in [0.15, 0.2) is 0 Å². The number of carbonyl (C=O) groups is 3. The molecule has 2 saturated carbocycles. The van der Waals surface area contributed by atoms with Gasteiger partial charge in [-0.1, -0.05) is 45.4 Å². The van der Waals surface area contributed by atoms with E-state index in [9.17, 15) is 14.4 Å². The van der Waals surface area contributed by atoms with E-state index in [1.165, 1.54) is 38.5 Å². The molecular formula is C20H34N4O3. The summed E-state index contributed by atoms with van der Waals surface area (Å²) in [6.45, 7) is 3.06. The van der Waals surface area contributed by atoms with Crippen molar-refractivity contribution in [1.82, 2.24) is 20.9 Å². The maximum atomic E-state index is 12.9. The van der Waals surface area contributed by atoms with Gasteiger partial charge in [0.1, 0.15) is 12.1 Å². The first kappa shape index (κ1) is 20.1. The molecule has 1 aliphatic heterocycles. The SMILES string of the molecule is CC1CCCCC12NC(=O)N(CC(=O)NCCNC1CCCCCC1)C2=O. The highest BCUT2D eigenvalue weighted by Gasteiger charge is 2.55. The summed E-state index contributed by atoms with van der Waals surface area (Å²) in [6, 6.07) is 0.114. The van der Waals surface area contributed by atoms with Gasteiger partial charge in [0.05, 0.1) is 0 Å². The van der Waals surface area contributed by atoms with Gasteiger partial charge in [-0.25, -0.2) is 4.79 Å². The van der Waals surface area contributed by atoms with Crippen LogP contribution in [0.15, 0.2) is 0 Å². The van der Waals surface area contributed by atoms with Gasteiger partial charge < -0.3 is 16.0 Å². The van der Waals surface area contributed by atoms with Crippen molar-refractivity contribution in [3.63, 3.8) is 0 Å². The van der Waals surface area contributed by atoms with Crippen LogP contribution < -0.4 is 16.0 Å². The zero-order valence-corrected chi connectivity index (χ0v) is 16.5. The zero-order valence-electron chi connectivity index (χ0n) is 16.5. The first-order chi connectivity index (χ1) is 13.0. The molecule has 152 valence electrons. The first-order valence-corrected chi connectivity index (χ1v) is 10.7. The second-order valence-electron chi connectivity index (χ2n) is 8.43. The summed E-state index contributed by atoms with van der Waals surface area (Å²) in [7, 11) is 0. The number of amides is 4. The van der Waals surface area contributed by atoms with Crippen molar-refractivity contribution in [2.45, 2.75) is 82.7 Å². The minimum atomic E-state index is -0.795. The second kappa shape index (κ2) is 9.04. The quantitative estimate of drug-likeness (QED) is 0.374. The molecule has 1 saturated heterocycles. The van der Waals surface area contributed by atoms with Gasteiger partial charge in [0, 0.05) is 19.1 Å². The summed E-state index contributed by atoms with van der Waals surface area (Å²) in [5.74, 6) is -0.396. The van der Waals surface area contributed by atoms with Crippen molar-refractivity contribution in [2.24, 2.45) is 5.92 Å². The molecule has 2 atom stereocenters. The predicted octanol–water partition coefficient (Wildman–Crippen LogP) is 1.92. The largest absolute Gasteiger partial charge is 0.353 e. The summed E-state index contributed by atoms with van der Waals surface area (Å²) < 4.78 is 0. The van der Waals surface area contributed by atoms with Crippen molar-refractivity contribution in [1.29, 1.82) is 0 Å². The van der Waals surface area contributed by atoms with Crippen LogP contribution in [0.2, 0.25) is 0 Å². The van der Waals surface area contributed by atoms with E-state index in [1.807, 2.05) is 6.92 Å². The Bertz CT molecular complexity index is 559. The van der Waals surface area contributed by atoms with Crippen LogP contribution in [-0.2, 0) is 9.59 Å². The average Bonchev–Trinajstić information content (AvgIpc) is 2.84. The summed E-state index contributed by atoms with van der Waals surface area (Å²) in [5.41, 5.74) is -0.795. The van der Waals surface area contributed by atoms with Gasteiger partial charge in [-0.05, 0) is 31.6 Å². The molecule has 2 aliphatic carbocycles. The number of urea groups is 1. The molecule has 7 nitrogen and oxygen atoms in total. The molecule has 0 aromatic rings. The molecule has 3 N–H and O–H groups in total. The molecule has 27 heavy (non-hydrogen) atoms. The predicted molar refractivity (Wildman–Crippen MR) is 103 cm³/mol. The fourth-order valence-electron chi connectivity index (χ4n) is 4.80. The molecule has 3 aliphatic rings. The number of hydrogen-bond donors (Lipinski definition) is 3. The third-order valence-electron chi connectivity index (χ3n) is 6.54. The molecule has 1 heterocycles. The average molecular weight is 379 g/mol. The van der Waals surface area contributed by atoms with E-state index in [2.05, 4.69) is 16.0 Å². The third kappa shape index (κ3) is 4.62. The molecular weight excluding hydrogens is 344 g/mol. The summed E-state index contributed by atoms with van der Waals surface area (Å²) in [4.78, 5) is 38.5. The van der Waals surface area contributed by atoms with Gasteiger partial charge in [0.25, 0.3) is 5.91 Å². The Hall–Kier alpha value is -1.63. The van der Waals surface area contributed by atoms with Crippen LogP contribution in [0, 0.1) is 5.92 Å². The topological polar surface area (TPSA) is 90.5 Å². The monoisotopic (exact) mass is 378 g/mol. The lowest BCUT2D eigenvalue weighted by atomic mass is 9.73. The molecule has 1 spiro atoms. The van der Waals surface area contributed by atoms with Crippen LogP contribution in [0.4, 0.5) is 4.79 Å². The molecule has 0 aromatic heterocycles. The van der Waals surface area contributed by atoms with Gasteiger partial charge in [-0.15, -0.1) is 0 Å². The molecule has 0 aromatic carbocycles. The summed E-state index contributed by atoms with van der Waals surface area (Å²) in [5, 5.41) is 9.22. The fourth-order valence-corrected chi connectivity index (χ4v) is 4.80. The van der Waals surface area contributed by atoms with E-state index in [4.69, 9.17) is 0 Å². The van der Waals surface area contributed by atoms with Crippen LogP contribution in [0.1, 0.15) is 71.1 Å². The molecule has 3 fully saturated rings. The Morgan fingerprint density at radius 1 is 1.07 bits per heavy atom. The second-order valence-corrected chi connectivity index (χ2v) is 8.43. The Morgan fingerprint density at radius 2 is 1.78 bits per heavy atom. The highest BCUT2D eigenvalue weighted by molar-refractivity contribution is 6.09. The molecule has 7 heteroatoms. The van der Waals surface area contributed by atoms with E-state index in [0.29, 0.717) is 19.0 Å². The Balaban J connectivity index is 1.42. The van der Waals surface area contributed by atoms with E-state index >= 15 is 0 Å². The van der Waals surface area contributed by atoms with Gasteiger partial charge in [0.2, 0.25) is 5.91 Å². The molecule has 2 unspecified atom stereocenters. The number of hydrogen-bond acceptors (Lipinski definition) is 4. The van der Waals surface area contributed by atoms with E-state index < -0.39 is 11.6 Å². The van der Waals surface area contributed by atoms with Crippen molar-refractivity contribution in [2.75, 3.05) is 19.6 Å². The molecule has 4 amide bonds. The summed E-state index contributed by atoms with van der Waals surface area (Å²) in [6.07, 6.45) is 11.2. The highest BCUT2D eigenvalue weighted by atomic mass is 16.2. The number of carbonyl (C=O) groups excluding carboxylic acids is 3. The Labute approximate surface area is 162 Å². The number of rotatable bonds is 6. The fraction of sp³-hybridized carbons (Fsp3) is 0.850. The Morgan fingerprint density at radius 3 is 2.48 bits per heavy atom. The lowest BCUT2D eigenvalue weighted by molar-refractivity contribution is -0.137. The minimum absolute atomic E-state index is 0.111. The van der Waals surface area contributed by atoms with Crippen LogP contribution in [0.5, 0.6) is 0 Å². The highest BCUT2D eigenvalue weighted by Crippen LogP contribution is 2.38. The first-order valence-electron chi connectivity index (χ1n) is 10.7. The zero-order chi connectivity index (χ0) is 19.3. The van der Waals surface area contributed by atoms with Crippen molar-refractivity contribution in [3.8, 4) is 0 Å². The van der Waals surface area contributed by atoms with E-state index in [0.717, 1.165) is 30.7 Å². The van der Waals surface area contributed by atoms with Gasteiger partial charge in [-0.2, -0.15) is 0 Å². The van der Waals surface area contributed by atoms with Crippen molar-refractivity contribution in [3.05, 3.63) is 0 Å². The third-order valence-corrected chi connectivity index (χ3v) is 6.54. The van der Waals surface area contributed by atoms with Crippen LogP contribution in [0.25, 0.3) is 0 Å². The Kier molecular flexibility index (Phi) is 6.73. The number of nitrogens with zero attached hydrogens (tertiary/aromatic N) is 1. The smallest absolute Gasteiger partial charge is 0.325 e. The van der Waals surface area contributed by atoms with Crippen molar-refractivity contribution < 1.29 is 14.4 Å². The van der Waals surface area contributed by atoms with E-state index in [1.54, 1.807) is 0 Å². The van der Waals surface area contributed by atoms with Crippen molar-refractivity contribution >= 4 is 17.8 Å².